The van der Waals surface area contributed by atoms with Crippen LogP contribution in [0.5, 0.6) is 5.75 Å². The Balaban J connectivity index is 1.95. The van der Waals surface area contributed by atoms with E-state index in [1.165, 1.54) is 12.1 Å². The standard InChI is InChI=1S/C14H16FN3O/c1-2-18-8-17-7-12(18)14-6-11(16)10-5-9(15)3-4-13(10)19-14/h3-5,7-8,11,14H,2,6,16H2,1H3/t11-,14?/m1/s1. The van der Waals surface area contributed by atoms with Gasteiger partial charge in [0.1, 0.15) is 17.7 Å². The highest BCUT2D eigenvalue weighted by atomic mass is 19.1. The maximum absolute atomic E-state index is 13.2. The maximum Gasteiger partial charge on any atom is 0.142 e. The van der Waals surface area contributed by atoms with E-state index in [-0.39, 0.29) is 18.0 Å². The summed E-state index contributed by atoms with van der Waals surface area (Å²) in [4.78, 5) is 4.15. The van der Waals surface area contributed by atoms with Gasteiger partial charge >= 0.3 is 0 Å². The first kappa shape index (κ1) is 12.2. The molecule has 5 heteroatoms. The van der Waals surface area contributed by atoms with Gasteiger partial charge in [-0.2, -0.15) is 0 Å². The topological polar surface area (TPSA) is 53.1 Å². The number of imidazole rings is 1. The number of rotatable bonds is 2. The Labute approximate surface area is 111 Å². The molecule has 4 nitrogen and oxygen atoms in total. The fourth-order valence-electron chi connectivity index (χ4n) is 2.52. The molecule has 0 saturated carbocycles. The van der Waals surface area contributed by atoms with Crippen LogP contribution in [-0.2, 0) is 6.54 Å². The van der Waals surface area contributed by atoms with Crippen LogP contribution in [0.3, 0.4) is 0 Å². The van der Waals surface area contributed by atoms with Crippen molar-refractivity contribution in [2.24, 2.45) is 5.73 Å². The predicted molar refractivity (Wildman–Crippen MR) is 69.2 cm³/mol. The quantitative estimate of drug-likeness (QED) is 0.904. The lowest BCUT2D eigenvalue weighted by molar-refractivity contribution is 0.153. The lowest BCUT2D eigenvalue weighted by Crippen LogP contribution is -2.25. The number of aromatic nitrogens is 2. The minimum atomic E-state index is -0.283. The van der Waals surface area contributed by atoms with Crippen LogP contribution in [0.25, 0.3) is 0 Å². The minimum absolute atomic E-state index is 0.129. The van der Waals surface area contributed by atoms with Crippen molar-refractivity contribution in [3.05, 3.63) is 47.8 Å². The van der Waals surface area contributed by atoms with Crippen LogP contribution in [0.4, 0.5) is 4.39 Å². The van der Waals surface area contributed by atoms with Gasteiger partial charge in [-0.3, -0.25) is 0 Å². The van der Waals surface area contributed by atoms with E-state index in [0.29, 0.717) is 12.2 Å². The molecule has 19 heavy (non-hydrogen) atoms. The molecule has 2 heterocycles. The summed E-state index contributed by atoms with van der Waals surface area (Å²) in [5, 5.41) is 0. The molecule has 3 rings (SSSR count). The van der Waals surface area contributed by atoms with Gasteiger partial charge < -0.3 is 15.0 Å². The highest BCUT2D eigenvalue weighted by Gasteiger charge is 2.29. The zero-order valence-electron chi connectivity index (χ0n) is 10.7. The van der Waals surface area contributed by atoms with Crippen LogP contribution in [-0.4, -0.2) is 9.55 Å². The summed E-state index contributed by atoms with van der Waals surface area (Å²) in [7, 11) is 0. The van der Waals surface area contributed by atoms with Crippen molar-refractivity contribution < 1.29 is 9.13 Å². The van der Waals surface area contributed by atoms with E-state index in [1.54, 1.807) is 18.6 Å². The van der Waals surface area contributed by atoms with E-state index >= 15 is 0 Å². The average Bonchev–Trinajstić information content (AvgIpc) is 2.87. The van der Waals surface area contributed by atoms with Crippen LogP contribution in [0.2, 0.25) is 0 Å². The first-order chi connectivity index (χ1) is 9.19. The Hall–Kier alpha value is -1.88. The number of nitrogens with two attached hydrogens (primary N) is 1. The second kappa shape index (κ2) is 4.66. The summed E-state index contributed by atoms with van der Waals surface area (Å²) in [6.45, 7) is 2.89. The van der Waals surface area contributed by atoms with E-state index in [9.17, 15) is 4.39 Å². The van der Waals surface area contributed by atoms with E-state index in [2.05, 4.69) is 11.9 Å². The Morgan fingerprint density at radius 1 is 1.53 bits per heavy atom. The second-order valence-corrected chi connectivity index (χ2v) is 4.74. The third kappa shape index (κ3) is 2.10. The van der Waals surface area contributed by atoms with Crippen LogP contribution < -0.4 is 10.5 Å². The molecule has 1 aromatic carbocycles. The van der Waals surface area contributed by atoms with Gasteiger partial charge in [0, 0.05) is 24.6 Å². The van der Waals surface area contributed by atoms with Gasteiger partial charge in [0.25, 0.3) is 0 Å². The molecule has 1 aliphatic rings. The number of halogens is 1. The summed E-state index contributed by atoms with van der Waals surface area (Å²) in [6.07, 6.45) is 4.08. The molecule has 1 aliphatic heterocycles. The molecule has 0 fully saturated rings. The highest BCUT2D eigenvalue weighted by molar-refractivity contribution is 5.39. The van der Waals surface area contributed by atoms with E-state index in [1.807, 2.05) is 4.57 Å². The largest absolute Gasteiger partial charge is 0.484 e. The number of hydrogen-bond donors (Lipinski definition) is 1. The lowest BCUT2D eigenvalue weighted by atomic mass is 9.96. The second-order valence-electron chi connectivity index (χ2n) is 4.74. The van der Waals surface area contributed by atoms with Crippen molar-refractivity contribution >= 4 is 0 Å². The molecule has 0 spiro atoms. The molecular weight excluding hydrogens is 245 g/mol. The summed E-state index contributed by atoms with van der Waals surface area (Å²) in [6, 6.07) is 4.27. The third-order valence-electron chi connectivity index (χ3n) is 3.52. The number of aryl methyl sites for hydroxylation is 1. The molecule has 0 aliphatic carbocycles. The Morgan fingerprint density at radius 3 is 3.16 bits per heavy atom. The van der Waals surface area contributed by atoms with Crippen molar-refractivity contribution in [3.63, 3.8) is 0 Å². The number of hydrogen-bond acceptors (Lipinski definition) is 3. The monoisotopic (exact) mass is 261 g/mol. The van der Waals surface area contributed by atoms with Gasteiger partial charge in [-0.1, -0.05) is 0 Å². The first-order valence-electron chi connectivity index (χ1n) is 6.40. The van der Waals surface area contributed by atoms with Crippen molar-refractivity contribution in [2.45, 2.75) is 32.0 Å². The Kier molecular flexibility index (Phi) is 2.98. The van der Waals surface area contributed by atoms with Gasteiger partial charge in [0.2, 0.25) is 0 Å². The van der Waals surface area contributed by atoms with E-state index in [0.717, 1.165) is 17.8 Å². The average molecular weight is 261 g/mol. The van der Waals surface area contributed by atoms with Crippen LogP contribution >= 0.6 is 0 Å². The predicted octanol–water partition coefficient (Wildman–Crippen LogP) is 2.57. The van der Waals surface area contributed by atoms with Gasteiger partial charge in [0.05, 0.1) is 18.2 Å². The summed E-state index contributed by atoms with van der Waals surface area (Å²) >= 11 is 0. The number of nitrogens with zero attached hydrogens (tertiary/aromatic N) is 2. The van der Waals surface area contributed by atoms with Gasteiger partial charge in [-0.15, -0.1) is 0 Å². The molecular formula is C14H16FN3O. The van der Waals surface area contributed by atoms with Crippen molar-refractivity contribution in [1.82, 2.24) is 9.55 Å². The van der Waals surface area contributed by atoms with E-state index in [4.69, 9.17) is 10.5 Å². The minimum Gasteiger partial charge on any atom is -0.484 e. The molecule has 2 aromatic rings. The van der Waals surface area contributed by atoms with Crippen molar-refractivity contribution in [2.75, 3.05) is 0 Å². The zero-order valence-corrected chi connectivity index (χ0v) is 10.7. The molecule has 1 aromatic heterocycles. The van der Waals surface area contributed by atoms with Crippen LogP contribution in [0, 0.1) is 5.82 Å². The zero-order chi connectivity index (χ0) is 13.4. The molecule has 2 N–H and O–H groups in total. The summed E-state index contributed by atoms with van der Waals surface area (Å²) < 4.78 is 21.2. The normalized spacial score (nSPS) is 21.8. The first-order valence-corrected chi connectivity index (χ1v) is 6.40. The Morgan fingerprint density at radius 2 is 2.37 bits per heavy atom. The molecule has 0 saturated heterocycles. The smallest absolute Gasteiger partial charge is 0.142 e. The molecule has 0 amide bonds. The van der Waals surface area contributed by atoms with Gasteiger partial charge in [-0.25, -0.2) is 9.37 Å². The Bertz CT molecular complexity index is 596. The maximum atomic E-state index is 13.2. The van der Waals surface area contributed by atoms with E-state index < -0.39 is 0 Å². The summed E-state index contributed by atoms with van der Waals surface area (Å²) in [5.74, 6) is 0.379. The molecule has 0 radical (unpaired) electrons. The molecule has 0 bridgehead atoms. The number of benzene rings is 1. The molecule has 1 unspecified atom stereocenters. The summed E-state index contributed by atoms with van der Waals surface area (Å²) in [5.41, 5.74) is 7.87. The van der Waals surface area contributed by atoms with Crippen LogP contribution in [0.15, 0.2) is 30.7 Å². The van der Waals surface area contributed by atoms with Crippen molar-refractivity contribution in [3.8, 4) is 5.75 Å². The lowest BCUT2D eigenvalue weighted by Gasteiger charge is -2.30. The fourth-order valence-corrected chi connectivity index (χ4v) is 2.52. The van der Waals surface area contributed by atoms with Gasteiger partial charge in [-0.05, 0) is 25.1 Å². The molecule has 2 atom stereocenters. The number of ether oxygens (including phenoxy) is 1. The third-order valence-corrected chi connectivity index (χ3v) is 3.52. The molecule has 100 valence electrons. The van der Waals surface area contributed by atoms with Gasteiger partial charge in [0.15, 0.2) is 0 Å². The van der Waals surface area contributed by atoms with Crippen LogP contribution in [0.1, 0.15) is 36.7 Å². The number of fused-ring (bicyclic) bond motifs is 1. The van der Waals surface area contributed by atoms with Crippen molar-refractivity contribution in [1.29, 1.82) is 0 Å². The fraction of sp³-hybridized carbons (Fsp3) is 0.357. The SMILES string of the molecule is CCn1cncc1C1C[C@@H](N)c2cc(F)ccc2O1. The highest BCUT2D eigenvalue weighted by Crippen LogP contribution is 2.39.